The Bertz CT molecular complexity index is 338. The largest absolute Gasteiger partial charge is 0.383 e. The van der Waals surface area contributed by atoms with Crippen molar-refractivity contribution in [2.75, 3.05) is 26.8 Å². The third-order valence-electron chi connectivity index (χ3n) is 5.22. The predicted octanol–water partition coefficient (Wildman–Crippen LogP) is 2.69. The molecule has 2 atom stereocenters. The van der Waals surface area contributed by atoms with Crippen LogP contribution in [0.25, 0.3) is 0 Å². The van der Waals surface area contributed by atoms with Gasteiger partial charge in [-0.15, -0.1) is 12.4 Å². The summed E-state index contributed by atoms with van der Waals surface area (Å²) in [5, 5.41) is 0. The summed E-state index contributed by atoms with van der Waals surface area (Å²) in [7, 11) is 1.70. The molecule has 0 aromatic rings. The smallest absolute Gasteiger partial charge is 0.225 e. The predicted molar refractivity (Wildman–Crippen MR) is 92.1 cm³/mol. The number of fused-ring (bicyclic) bond motifs is 2. The van der Waals surface area contributed by atoms with Crippen molar-refractivity contribution in [3.63, 3.8) is 0 Å². The molecule has 5 heteroatoms. The normalized spacial score (nSPS) is 30.8. The SMILES string of the molecule is COCCN(CC(C)C)C(=O)C1CC2CCCC(C1)C2N.Cl. The third-order valence-corrected chi connectivity index (χ3v) is 5.22. The van der Waals surface area contributed by atoms with E-state index in [1.54, 1.807) is 7.11 Å². The van der Waals surface area contributed by atoms with Crippen LogP contribution < -0.4 is 5.73 Å². The van der Waals surface area contributed by atoms with Crippen LogP contribution in [0, 0.1) is 23.7 Å². The molecule has 2 unspecified atom stereocenters. The summed E-state index contributed by atoms with van der Waals surface area (Å²) in [6.45, 7) is 6.50. The van der Waals surface area contributed by atoms with Crippen LogP contribution in [0.3, 0.4) is 0 Å². The molecule has 0 heterocycles. The summed E-state index contributed by atoms with van der Waals surface area (Å²) >= 11 is 0. The molecule has 0 aliphatic heterocycles. The van der Waals surface area contributed by atoms with Crippen LogP contribution in [0.1, 0.15) is 46.0 Å². The van der Waals surface area contributed by atoms with Crippen LogP contribution in [-0.2, 0) is 9.53 Å². The van der Waals surface area contributed by atoms with Gasteiger partial charge in [0.25, 0.3) is 0 Å². The standard InChI is InChI=1S/C17H32N2O2.ClH/c1-12(2)11-19(7-8-21-3)17(20)15-9-13-5-4-6-14(10-15)16(13)18;/h12-16H,4-11,18H2,1-3H3;1H. The van der Waals surface area contributed by atoms with Crippen molar-refractivity contribution in [3.8, 4) is 0 Å². The first kappa shape index (κ1) is 19.7. The van der Waals surface area contributed by atoms with Crippen molar-refractivity contribution in [1.29, 1.82) is 0 Å². The van der Waals surface area contributed by atoms with E-state index in [4.69, 9.17) is 10.5 Å². The summed E-state index contributed by atoms with van der Waals surface area (Å²) in [4.78, 5) is 14.9. The first-order chi connectivity index (χ1) is 10.0. The van der Waals surface area contributed by atoms with E-state index < -0.39 is 0 Å². The summed E-state index contributed by atoms with van der Waals surface area (Å²) < 4.78 is 5.17. The number of nitrogens with two attached hydrogens (primary N) is 1. The Morgan fingerprint density at radius 2 is 1.86 bits per heavy atom. The van der Waals surface area contributed by atoms with Crippen LogP contribution in [0.2, 0.25) is 0 Å². The molecule has 2 bridgehead atoms. The van der Waals surface area contributed by atoms with Gasteiger partial charge in [-0.05, 0) is 43.4 Å². The fourth-order valence-electron chi connectivity index (χ4n) is 4.18. The van der Waals surface area contributed by atoms with Crippen LogP contribution in [0.5, 0.6) is 0 Å². The van der Waals surface area contributed by atoms with Crippen molar-refractivity contribution >= 4 is 18.3 Å². The number of nitrogens with zero attached hydrogens (tertiary/aromatic N) is 1. The van der Waals surface area contributed by atoms with E-state index >= 15 is 0 Å². The summed E-state index contributed by atoms with van der Waals surface area (Å²) in [6, 6.07) is 0.334. The van der Waals surface area contributed by atoms with Crippen molar-refractivity contribution in [3.05, 3.63) is 0 Å². The molecular formula is C17H33ClN2O2. The van der Waals surface area contributed by atoms with Gasteiger partial charge >= 0.3 is 0 Å². The average Bonchev–Trinajstić information content (AvgIpc) is 2.42. The molecule has 2 rings (SSSR count). The highest BCUT2D eigenvalue weighted by Gasteiger charge is 2.41. The van der Waals surface area contributed by atoms with Crippen LogP contribution in [0.15, 0.2) is 0 Å². The van der Waals surface area contributed by atoms with E-state index in [1.807, 2.05) is 4.90 Å². The Kier molecular flexibility index (Phi) is 8.15. The Morgan fingerprint density at radius 1 is 1.27 bits per heavy atom. The zero-order valence-corrected chi connectivity index (χ0v) is 15.1. The first-order valence-corrected chi connectivity index (χ1v) is 8.56. The molecule has 0 aromatic carbocycles. The molecule has 2 aliphatic carbocycles. The maximum atomic E-state index is 12.9. The number of halogens is 1. The zero-order valence-electron chi connectivity index (χ0n) is 14.3. The maximum Gasteiger partial charge on any atom is 0.225 e. The molecule has 2 fully saturated rings. The van der Waals surface area contributed by atoms with Gasteiger partial charge in [0.15, 0.2) is 0 Å². The average molecular weight is 333 g/mol. The fraction of sp³-hybridized carbons (Fsp3) is 0.941. The number of hydrogen-bond donors (Lipinski definition) is 1. The van der Waals surface area contributed by atoms with Gasteiger partial charge in [-0.25, -0.2) is 0 Å². The summed E-state index contributed by atoms with van der Waals surface area (Å²) in [5.74, 6) is 2.15. The Balaban J connectivity index is 0.00000242. The fourth-order valence-corrected chi connectivity index (χ4v) is 4.18. The number of carbonyl (C=O) groups excluding carboxylic acids is 1. The van der Waals surface area contributed by atoms with E-state index in [-0.39, 0.29) is 18.3 Å². The van der Waals surface area contributed by atoms with Crippen LogP contribution in [-0.4, -0.2) is 43.7 Å². The van der Waals surface area contributed by atoms with E-state index in [2.05, 4.69) is 13.8 Å². The highest BCUT2D eigenvalue weighted by atomic mass is 35.5. The molecule has 0 spiro atoms. The lowest BCUT2D eigenvalue weighted by Crippen LogP contribution is -2.50. The molecule has 4 nitrogen and oxygen atoms in total. The van der Waals surface area contributed by atoms with Crippen molar-refractivity contribution in [2.24, 2.45) is 29.4 Å². The lowest BCUT2D eigenvalue weighted by molar-refractivity contribution is -0.139. The highest BCUT2D eigenvalue weighted by Crippen LogP contribution is 2.42. The third kappa shape index (κ3) is 4.84. The van der Waals surface area contributed by atoms with Gasteiger partial charge in [0.05, 0.1) is 6.61 Å². The number of hydrogen-bond acceptors (Lipinski definition) is 3. The monoisotopic (exact) mass is 332 g/mol. The summed E-state index contributed by atoms with van der Waals surface area (Å²) in [5.41, 5.74) is 6.34. The quantitative estimate of drug-likeness (QED) is 0.813. The molecule has 2 N–H and O–H groups in total. The van der Waals surface area contributed by atoms with Gasteiger partial charge in [0.1, 0.15) is 0 Å². The van der Waals surface area contributed by atoms with Crippen molar-refractivity contribution in [2.45, 2.75) is 52.0 Å². The second-order valence-electron chi connectivity index (χ2n) is 7.37. The highest BCUT2D eigenvalue weighted by molar-refractivity contribution is 5.85. The summed E-state index contributed by atoms with van der Waals surface area (Å²) in [6.07, 6.45) is 5.72. The van der Waals surface area contributed by atoms with E-state index in [0.29, 0.717) is 42.9 Å². The molecule has 22 heavy (non-hydrogen) atoms. The molecule has 130 valence electrons. The maximum absolute atomic E-state index is 12.9. The Labute approximate surface area is 141 Å². The van der Waals surface area contributed by atoms with Gasteiger partial charge in [-0.3, -0.25) is 4.79 Å². The van der Waals surface area contributed by atoms with Crippen molar-refractivity contribution < 1.29 is 9.53 Å². The topological polar surface area (TPSA) is 55.6 Å². The number of methoxy groups -OCH3 is 1. The number of carbonyl (C=O) groups is 1. The molecule has 2 saturated carbocycles. The van der Waals surface area contributed by atoms with Crippen LogP contribution in [0.4, 0.5) is 0 Å². The van der Waals surface area contributed by atoms with Gasteiger partial charge in [-0.2, -0.15) is 0 Å². The minimum atomic E-state index is 0. The number of rotatable bonds is 6. The first-order valence-electron chi connectivity index (χ1n) is 8.56. The molecule has 1 amide bonds. The van der Waals surface area contributed by atoms with E-state index in [0.717, 1.165) is 19.4 Å². The molecule has 0 radical (unpaired) electrons. The van der Waals surface area contributed by atoms with Gasteiger partial charge in [-0.1, -0.05) is 20.3 Å². The van der Waals surface area contributed by atoms with E-state index in [1.165, 1.54) is 19.3 Å². The minimum absolute atomic E-state index is 0. The number of ether oxygens (including phenoxy) is 1. The van der Waals surface area contributed by atoms with Crippen molar-refractivity contribution in [1.82, 2.24) is 4.90 Å². The molecule has 0 saturated heterocycles. The minimum Gasteiger partial charge on any atom is -0.383 e. The Morgan fingerprint density at radius 3 is 2.36 bits per heavy atom. The van der Waals surface area contributed by atoms with Gasteiger partial charge < -0.3 is 15.4 Å². The second kappa shape index (κ2) is 9.09. The van der Waals surface area contributed by atoms with Gasteiger partial charge in [0.2, 0.25) is 5.91 Å². The molecule has 0 aromatic heterocycles. The Hall–Kier alpha value is -0.320. The van der Waals surface area contributed by atoms with E-state index in [9.17, 15) is 4.79 Å². The lowest BCUT2D eigenvalue weighted by atomic mass is 9.65. The van der Waals surface area contributed by atoms with Gasteiger partial charge in [0, 0.05) is 32.2 Å². The second-order valence-corrected chi connectivity index (χ2v) is 7.37. The van der Waals surface area contributed by atoms with Crippen LogP contribution >= 0.6 is 12.4 Å². The molecule has 2 aliphatic rings. The lowest BCUT2D eigenvalue weighted by Gasteiger charge is -2.44. The number of amides is 1. The molecular weight excluding hydrogens is 300 g/mol. The zero-order chi connectivity index (χ0) is 15.4.